The van der Waals surface area contributed by atoms with Gasteiger partial charge >= 0.3 is 0 Å². The van der Waals surface area contributed by atoms with Gasteiger partial charge in [0.15, 0.2) is 6.54 Å². The summed E-state index contributed by atoms with van der Waals surface area (Å²) in [6, 6.07) is 15.5. The Morgan fingerprint density at radius 2 is 1.66 bits per heavy atom. The first-order valence-corrected chi connectivity index (χ1v) is 10.1. The lowest BCUT2D eigenvalue weighted by molar-refractivity contribution is -0.885. The van der Waals surface area contributed by atoms with E-state index in [0.29, 0.717) is 30.9 Å². The molecule has 2 rings (SSSR count). The van der Waals surface area contributed by atoms with Crippen LogP contribution in [-0.4, -0.2) is 57.5 Å². The van der Waals surface area contributed by atoms with Crippen molar-refractivity contribution in [1.29, 1.82) is 0 Å². The summed E-state index contributed by atoms with van der Waals surface area (Å²) in [5, 5.41) is 2.92. The minimum Gasteiger partial charge on any atom is -0.378 e. The SMILES string of the molecule is CCN(CC)C(=O)c1cccc(NC(=O)C[NH+](C)Cc2ccc(N(C)C)cc2)c1. The lowest BCUT2D eigenvalue weighted by Gasteiger charge is -2.19. The number of amides is 2. The van der Waals surface area contributed by atoms with E-state index in [2.05, 4.69) is 34.5 Å². The molecule has 0 aliphatic carbocycles. The number of anilines is 2. The molecular formula is C23H33N4O2+. The second kappa shape index (κ2) is 10.6. The molecule has 0 aliphatic rings. The molecular weight excluding hydrogens is 364 g/mol. The number of carbonyl (C=O) groups excluding carboxylic acids is 2. The molecule has 29 heavy (non-hydrogen) atoms. The molecule has 0 spiro atoms. The molecule has 2 aromatic rings. The van der Waals surface area contributed by atoms with Crippen LogP contribution < -0.4 is 15.1 Å². The monoisotopic (exact) mass is 397 g/mol. The summed E-state index contributed by atoms with van der Waals surface area (Å²) in [6.07, 6.45) is 0. The molecule has 0 bridgehead atoms. The van der Waals surface area contributed by atoms with Crippen molar-refractivity contribution in [1.82, 2.24) is 4.90 Å². The predicted molar refractivity (Wildman–Crippen MR) is 119 cm³/mol. The predicted octanol–water partition coefficient (Wildman–Crippen LogP) is 1.89. The molecule has 0 saturated carbocycles. The number of carbonyl (C=O) groups is 2. The summed E-state index contributed by atoms with van der Waals surface area (Å²) in [5.41, 5.74) is 3.58. The van der Waals surface area contributed by atoms with Gasteiger partial charge in [-0.05, 0) is 44.2 Å². The van der Waals surface area contributed by atoms with Crippen molar-refractivity contribution in [3.05, 3.63) is 59.7 Å². The Bertz CT molecular complexity index is 814. The molecule has 2 aromatic carbocycles. The van der Waals surface area contributed by atoms with Crippen LogP contribution in [0.5, 0.6) is 0 Å². The van der Waals surface area contributed by atoms with Crippen molar-refractivity contribution in [2.24, 2.45) is 0 Å². The van der Waals surface area contributed by atoms with Crippen LogP contribution >= 0.6 is 0 Å². The standard InChI is InChI=1S/C23H32N4O2/c1-6-27(7-2)23(29)19-9-8-10-20(15-19)24-22(28)17-26(5)16-18-11-13-21(14-12-18)25(3)4/h8-15H,6-7,16-17H2,1-5H3,(H,24,28)/p+1. The van der Waals surface area contributed by atoms with Crippen LogP contribution in [0, 0.1) is 0 Å². The zero-order valence-corrected chi connectivity index (χ0v) is 18.2. The molecule has 0 saturated heterocycles. The highest BCUT2D eigenvalue weighted by molar-refractivity contribution is 5.97. The average molecular weight is 398 g/mol. The summed E-state index contributed by atoms with van der Waals surface area (Å²) in [5.74, 6) is -0.0881. The summed E-state index contributed by atoms with van der Waals surface area (Å²) in [6.45, 7) is 6.36. The van der Waals surface area contributed by atoms with Crippen molar-refractivity contribution in [3.8, 4) is 0 Å². The third-order valence-electron chi connectivity index (χ3n) is 4.86. The maximum absolute atomic E-state index is 12.5. The van der Waals surface area contributed by atoms with Crippen LogP contribution in [0.15, 0.2) is 48.5 Å². The minimum atomic E-state index is -0.0696. The maximum atomic E-state index is 12.5. The molecule has 156 valence electrons. The smallest absolute Gasteiger partial charge is 0.279 e. The van der Waals surface area contributed by atoms with E-state index in [1.54, 1.807) is 23.1 Å². The number of quaternary nitrogens is 1. The van der Waals surface area contributed by atoms with Gasteiger partial charge in [0.25, 0.3) is 11.8 Å². The van der Waals surface area contributed by atoms with Gasteiger partial charge in [0.05, 0.1) is 7.05 Å². The first-order chi connectivity index (χ1) is 13.8. The van der Waals surface area contributed by atoms with Gasteiger partial charge in [-0.1, -0.05) is 18.2 Å². The van der Waals surface area contributed by atoms with Gasteiger partial charge in [0, 0.05) is 49.7 Å². The van der Waals surface area contributed by atoms with Crippen LogP contribution in [0.25, 0.3) is 0 Å². The van der Waals surface area contributed by atoms with Gasteiger partial charge in [-0.2, -0.15) is 0 Å². The van der Waals surface area contributed by atoms with E-state index in [4.69, 9.17) is 0 Å². The van der Waals surface area contributed by atoms with Gasteiger partial charge in [-0.3, -0.25) is 9.59 Å². The highest BCUT2D eigenvalue weighted by Crippen LogP contribution is 2.13. The van der Waals surface area contributed by atoms with Gasteiger partial charge in [-0.25, -0.2) is 0 Å². The number of nitrogens with zero attached hydrogens (tertiary/aromatic N) is 2. The molecule has 0 aliphatic heterocycles. The second-order valence-corrected chi connectivity index (χ2v) is 7.48. The molecule has 2 amide bonds. The highest BCUT2D eigenvalue weighted by Gasteiger charge is 2.15. The fraction of sp³-hybridized carbons (Fsp3) is 0.391. The number of nitrogens with one attached hydrogen (secondary N) is 2. The van der Waals surface area contributed by atoms with Crippen molar-refractivity contribution < 1.29 is 14.5 Å². The average Bonchev–Trinajstić information content (AvgIpc) is 2.69. The summed E-state index contributed by atoms with van der Waals surface area (Å²) >= 11 is 0. The topological polar surface area (TPSA) is 57.1 Å². The first kappa shape index (κ1) is 22.4. The summed E-state index contributed by atoms with van der Waals surface area (Å²) < 4.78 is 0. The fourth-order valence-corrected chi connectivity index (χ4v) is 3.23. The van der Waals surface area contributed by atoms with Gasteiger partial charge in [0.2, 0.25) is 0 Å². The van der Waals surface area contributed by atoms with E-state index in [9.17, 15) is 9.59 Å². The van der Waals surface area contributed by atoms with Gasteiger partial charge in [0.1, 0.15) is 6.54 Å². The van der Waals surface area contributed by atoms with E-state index in [1.165, 1.54) is 5.56 Å². The molecule has 6 heteroatoms. The van der Waals surface area contributed by atoms with Crippen LogP contribution in [0.1, 0.15) is 29.8 Å². The largest absolute Gasteiger partial charge is 0.378 e. The van der Waals surface area contributed by atoms with E-state index >= 15 is 0 Å². The second-order valence-electron chi connectivity index (χ2n) is 7.48. The van der Waals surface area contributed by atoms with Crippen LogP contribution in [0.3, 0.4) is 0 Å². The van der Waals surface area contributed by atoms with Crippen molar-refractivity contribution in [2.45, 2.75) is 20.4 Å². The molecule has 0 fully saturated rings. The zero-order chi connectivity index (χ0) is 21.4. The Balaban J connectivity index is 1.93. The van der Waals surface area contributed by atoms with E-state index in [1.807, 2.05) is 41.1 Å². The Kier molecular flexibility index (Phi) is 8.21. The maximum Gasteiger partial charge on any atom is 0.279 e. The van der Waals surface area contributed by atoms with E-state index in [-0.39, 0.29) is 11.8 Å². The quantitative estimate of drug-likeness (QED) is 0.679. The summed E-state index contributed by atoms with van der Waals surface area (Å²) in [7, 11) is 6.03. The lowest BCUT2D eigenvalue weighted by atomic mass is 10.1. The first-order valence-electron chi connectivity index (χ1n) is 10.1. The van der Waals surface area contributed by atoms with Crippen LogP contribution in [-0.2, 0) is 11.3 Å². The zero-order valence-electron chi connectivity index (χ0n) is 18.2. The van der Waals surface area contributed by atoms with E-state index in [0.717, 1.165) is 17.1 Å². The van der Waals surface area contributed by atoms with Crippen LogP contribution in [0.2, 0.25) is 0 Å². The molecule has 0 heterocycles. The fourth-order valence-electron chi connectivity index (χ4n) is 3.23. The minimum absolute atomic E-state index is 0.0185. The Morgan fingerprint density at radius 3 is 2.24 bits per heavy atom. The number of likely N-dealkylation sites (N-methyl/N-ethyl adjacent to an activating group) is 1. The number of rotatable bonds is 9. The molecule has 0 aromatic heterocycles. The highest BCUT2D eigenvalue weighted by atomic mass is 16.2. The normalized spacial score (nSPS) is 11.6. The molecule has 6 nitrogen and oxygen atoms in total. The summed E-state index contributed by atoms with van der Waals surface area (Å²) in [4.78, 5) is 29.9. The van der Waals surface area contributed by atoms with Crippen molar-refractivity contribution in [2.75, 3.05) is 51.0 Å². The number of hydrogen-bond donors (Lipinski definition) is 2. The molecule has 1 atom stereocenters. The molecule has 2 N–H and O–H groups in total. The Labute approximate surface area is 174 Å². The third-order valence-corrected chi connectivity index (χ3v) is 4.86. The third kappa shape index (κ3) is 6.61. The van der Waals surface area contributed by atoms with E-state index < -0.39 is 0 Å². The number of hydrogen-bond acceptors (Lipinski definition) is 3. The van der Waals surface area contributed by atoms with Crippen LogP contribution in [0.4, 0.5) is 11.4 Å². The number of benzene rings is 2. The molecule has 0 radical (unpaired) electrons. The van der Waals surface area contributed by atoms with Crippen molar-refractivity contribution in [3.63, 3.8) is 0 Å². The Hall–Kier alpha value is -2.86. The molecule has 1 unspecified atom stereocenters. The Morgan fingerprint density at radius 1 is 1.00 bits per heavy atom. The van der Waals surface area contributed by atoms with Gasteiger partial charge < -0.3 is 20.0 Å². The van der Waals surface area contributed by atoms with Gasteiger partial charge in [-0.15, -0.1) is 0 Å². The lowest BCUT2D eigenvalue weighted by Crippen LogP contribution is -3.08. The van der Waals surface area contributed by atoms with Crippen molar-refractivity contribution >= 4 is 23.2 Å².